The molecule has 2 rings (SSSR count). The van der Waals surface area contributed by atoms with Crippen LogP contribution in [-0.2, 0) is 9.47 Å². The number of nitrogens with one attached hydrogen (secondary N) is 1. The zero-order valence-electron chi connectivity index (χ0n) is 13.3. The molecular weight excluding hydrogens is 280 g/mol. The van der Waals surface area contributed by atoms with Crippen LogP contribution in [0.2, 0.25) is 0 Å². The van der Waals surface area contributed by atoms with Gasteiger partial charge in [0.2, 0.25) is 11.7 Å². The highest BCUT2D eigenvalue weighted by Crippen LogP contribution is 2.64. The predicted octanol–water partition coefficient (Wildman–Crippen LogP) is 2.72. The molecule has 2 saturated heterocycles. The zero-order valence-corrected chi connectivity index (χ0v) is 13.3. The van der Waals surface area contributed by atoms with Gasteiger partial charge in [-0.1, -0.05) is 27.2 Å². The molecule has 0 aromatic rings. The lowest BCUT2D eigenvalue weighted by atomic mass is 9.52. The van der Waals surface area contributed by atoms with Crippen molar-refractivity contribution in [1.82, 2.24) is 0 Å². The SMILES string of the molecule is CCCC1C2(C)OC(=N)C1(C#N)C(C#N)(C#N)C(C(C)C)O2. The molecule has 116 valence electrons. The van der Waals surface area contributed by atoms with Crippen molar-refractivity contribution in [3.63, 3.8) is 0 Å². The lowest BCUT2D eigenvalue weighted by Gasteiger charge is -2.50. The van der Waals surface area contributed by atoms with E-state index in [0.29, 0.717) is 6.42 Å². The maximum atomic E-state index is 9.92. The van der Waals surface area contributed by atoms with Gasteiger partial charge in [0.15, 0.2) is 10.8 Å². The van der Waals surface area contributed by atoms with Crippen molar-refractivity contribution in [2.45, 2.75) is 52.4 Å². The molecule has 0 radical (unpaired) electrons. The number of hydrogen-bond acceptors (Lipinski definition) is 6. The molecule has 0 aromatic carbocycles. The Labute approximate surface area is 130 Å². The van der Waals surface area contributed by atoms with Crippen LogP contribution >= 0.6 is 0 Å². The fourth-order valence-electron chi connectivity index (χ4n) is 3.98. The molecule has 0 spiro atoms. The second-order valence-corrected chi connectivity index (χ2v) is 6.52. The summed E-state index contributed by atoms with van der Waals surface area (Å²) in [6, 6.07) is 6.17. The van der Waals surface area contributed by atoms with E-state index in [1.54, 1.807) is 6.92 Å². The van der Waals surface area contributed by atoms with Crippen LogP contribution < -0.4 is 0 Å². The van der Waals surface area contributed by atoms with Gasteiger partial charge in [0.25, 0.3) is 0 Å². The average Bonchev–Trinajstić information content (AvgIpc) is 2.64. The standard InChI is InChI=1S/C16H20N4O2/c1-5-6-11-14(4)21-12(10(2)3)15(7-17,8-18)16(11,9-19)13(20)22-14/h10-12,20H,5-6H2,1-4H3. The van der Waals surface area contributed by atoms with Crippen LogP contribution in [0.3, 0.4) is 0 Å². The van der Waals surface area contributed by atoms with Crippen LogP contribution in [0.4, 0.5) is 0 Å². The van der Waals surface area contributed by atoms with Gasteiger partial charge in [0, 0.05) is 6.92 Å². The minimum Gasteiger partial charge on any atom is -0.448 e. The second kappa shape index (κ2) is 4.97. The van der Waals surface area contributed by atoms with Gasteiger partial charge in [-0.2, -0.15) is 15.8 Å². The Morgan fingerprint density at radius 3 is 2.23 bits per heavy atom. The van der Waals surface area contributed by atoms with Gasteiger partial charge in [-0.05, 0) is 12.3 Å². The summed E-state index contributed by atoms with van der Waals surface area (Å²) in [5.74, 6) is -2.14. The number of hydrogen-bond donors (Lipinski definition) is 1. The number of ether oxygens (including phenoxy) is 2. The van der Waals surface area contributed by atoms with Crippen molar-refractivity contribution >= 4 is 5.90 Å². The lowest BCUT2D eigenvalue weighted by molar-refractivity contribution is -0.279. The Hall–Kier alpha value is -2.10. The highest BCUT2D eigenvalue weighted by Gasteiger charge is 2.78. The predicted molar refractivity (Wildman–Crippen MR) is 77.0 cm³/mol. The Morgan fingerprint density at radius 2 is 1.82 bits per heavy atom. The molecule has 4 unspecified atom stereocenters. The molecule has 22 heavy (non-hydrogen) atoms. The molecule has 6 heteroatoms. The van der Waals surface area contributed by atoms with E-state index in [0.717, 1.165) is 6.42 Å². The number of fused-ring (bicyclic) bond motifs is 2. The molecule has 2 heterocycles. The summed E-state index contributed by atoms with van der Waals surface area (Å²) >= 11 is 0. The highest BCUT2D eigenvalue weighted by molar-refractivity contribution is 5.89. The summed E-state index contributed by atoms with van der Waals surface area (Å²) in [4.78, 5) is 0. The Bertz CT molecular complexity index is 610. The molecule has 2 bridgehead atoms. The molecule has 0 aliphatic carbocycles. The van der Waals surface area contributed by atoms with Crippen LogP contribution in [0.1, 0.15) is 40.5 Å². The first kappa shape index (κ1) is 16.3. The second-order valence-electron chi connectivity index (χ2n) is 6.52. The molecule has 1 N–H and O–H groups in total. The topological polar surface area (TPSA) is 114 Å². The van der Waals surface area contributed by atoms with Crippen molar-refractivity contribution < 1.29 is 9.47 Å². The van der Waals surface area contributed by atoms with Crippen molar-refractivity contribution in [3.8, 4) is 18.2 Å². The van der Waals surface area contributed by atoms with E-state index < -0.39 is 28.6 Å². The maximum Gasteiger partial charge on any atom is 0.214 e. The van der Waals surface area contributed by atoms with Crippen molar-refractivity contribution in [3.05, 3.63) is 0 Å². The Balaban J connectivity index is 2.80. The van der Waals surface area contributed by atoms with Crippen molar-refractivity contribution in [2.75, 3.05) is 0 Å². The minimum atomic E-state index is -1.75. The van der Waals surface area contributed by atoms with Gasteiger partial charge < -0.3 is 9.47 Å². The molecule has 4 atom stereocenters. The third kappa shape index (κ3) is 1.58. The first-order valence-electron chi connectivity index (χ1n) is 7.49. The molecule has 0 saturated carbocycles. The summed E-state index contributed by atoms with van der Waals surface area (Å²) in [7, 11) is 0. The fraction of sp³-hybridized carbons (Fsp3) is 0.750. The summed E-state index contributed by atoms with van der Waals surface area (Å²) in [5, 5.41) is 37.8. The van der Waals surface area contributed by atoms with Crippen LogP contribution in [0, 0.1) is 62.1 Å². The van der Waals surface area contributed by atoms with Gasteiger partial charge in [-0.3, -0.25) is 5.41 Å². The van der Waals surface area contributed by atoms with Crippen LogP contribution in [-0.4, -0.2) is 17.8 Å². The van der Waals surface area contributed by atoms with E-state index in [1.165, 1.54) is 0 Å². The largest absolute Gasteiger partial charge is 0.448 e. The Kier molecular flexibility index (Phi) is 3.68. The minimum absolute atomic E-state index is 0.163. The van der Waals surface area contributed by atoms with Gasteiger partial charge in [0.1, 0.15) is 0 Å². The van der Waals surface area contributed by atoms with Crippen LogP contribution in [0.5, 0.6) is 0 Å². The Morgan fingerprint density at radius 1 is 1.23 bits per heavy atom. The molecule has 2 fully saturated rings. The van der Waals surface area contributed by atoms with Crippen LogP contribution in [0.15, 0.2) is 0 Å². The molecule has 0 amide bonds. The van der Waals surface area contributed by atoms with E-state index in [-0.39, 0.29) is 11.8 Å². The normalized spacial score (nSPS) is 38.7. The van der Waals surface area contributed by atoms with Crippen molar-refractivity contribution in [1.29, 1.82) is 21.2 Å². The summed E-state index contributed by atoms with van der Waals surface area (Å²) < 4.78 is 11.6. The smallest absolute Gasteiger partial charge is 0.214 e. The van der Waals surface area contributed by atoms with E-state index in [2.05, 4.69) is 6.07 Å². The van der Waals surface area contributed by atoms with Gasteiger partial charge in [0.05, 0.1) is 30.2 Å². The third-order valence-electron chi connectivity index (χ3n) is 4.94. The van der Waals surface area contributed by atoms with E-state index in [1.807, 2.05) is 32.9 Å². The first-order valence-corrected chi connectivity index (χ1v) is 7.49. The number of nitriles is 3. The fourth-order valence-corrected chi connectivity index (χ4v) is 3.98. The molecular formula is C16H20N4O2. The quantitative estimate of drug-likeness (QED) is 0.860. The van der Waals surface area contributed by atoms with Gasteiger partial charge in [-0.15, -0.1) is 0 Å². The first-order chi connectivity index (χ1) is 10.3. The zero-order chi connectivity index (χ0) is 16.8. The average molecular weight is 300 g/mol. The molecule has 2 aliphatic rings. The summed E-state index contributed by atoms with van der Waals surface area (Å²) in [6.07, 6.45) is 0.494. The van der Waals surface area contributed by atoms with Crippen molar-refractivity contribution in [2.24, 2.45) is 22.7 Å². The lowest BCUT2D eigenvalue weighted by Crippen LogP contribution is -2.63. The summed E-state index contributed by atoms with van der Waals surface area (Å²) in [5.41, 5.74) is -3.34. The molecule has 0 aromatic heterocycles. The van der Waals surface area contributed by atoms with Gasteiger partial charge >= 0.3 is 0 Å². The molecule has 6 nitrogen and oxygen atoms in total. The summed E-state index contributed by atoms with van der Waals surface area (Å²) in [6.45, 7) is 7.33. The monoisotopic (exact) mass is 300 g/mol. The van der Waals surface area contributed by atoms with Gasteiger partial charge in [-0.25, -0.2) is 0 Å². The number of rotatable bonds is 3. The maximum absolute atomic E-state index is 9.92. The third-order valence-corrected chi connectivity index (χ3v) is 4.94. The molecule has 2 aliphatic heterocycles. The van der Waals surface area contributed by atoms with E-state index >= 15 is 0 Å². The van der Waals surface area contributed by atoms with Crippen LogP contribution in [0.25, 0.3) is 0 Å². The van der Waals surface area contributed by atoms with E-state index in [9.17, 15) is 15.8 Å². The number of nitrogens with zero attached hydrogens (tertiary/aromatic N) is 3. The highest BCUT2D eigenvalue weighted by atomic mass is 16.7. The van der Waals surface area contributed by atoms with E-state index in [4.69, 9.17) is 14.9 Å².